The molecule has 0 aliphatic carbocycles. The quantitative estimate of drug-likeness (QED) is 0.729. The van der Waals surface area contributed by atoms with Crippen molar-refractivity contribution in [3.8, 4) is 0 Å². The molecule has 0 aliphatic rings. The number of rotatable bonds is 6. The van der Waals surface area contributed by atoms with Crippen molar-refractivity contribution in [3.63, 3.8) is 0 Å². The van der Waals surface area contributed by atoms with E-state index in [4.69, 9.17) is 4.42 Å². The van der Waals surface area contributed by atoms with Gasteiger partial charge in [0.15, 0.2) is 5.78 Å². The Bertz CT molecular complexity index is 540. The number of benzene rings is 1. The zero-order valence-corrected chi connectivity index (χ0v) is 11.0. The minimum Gasteiger partial charge on any atom is -0.466 e. The lowest BCUT2D eigenvalue weighted by atomic mass is 10.1. The van der Waals surface area contributed by atoms with Gasteiger partial charge in [-0.1, -0.05) is 13.3 Å². The number of carbonyl (C=O) groups is 1. The van der Waals surface area contributed by atoms with Gasteiger partial charge in [-0.05, 0) is 42.8 Å². The summed E-state index contributed by atoms with van der Waals surface area (Å²) in [7, 11) is 0. The molecule has 0 spiro atoms. The van der Waals surface area contributed by atoms with Gasteiger partial charge in [0, 0.05) is 12.0 Å². The predicted octanol–water partition coefficient (Wildman–Crippen LogP) is 4.19. The van der Waals surface area contributed by atoms with E-state index in [1.54, 1.807) is 0 Å². The lowest BCUT2D eigenvalue weighted by molar-refractivity contribution is 0.0986. The first-order chi connectivity index (χ1) is 9.19. The molecule has 1 aromatic heterocycles. The highest BCUT2D eigenvalue weighted by molar-refractivity contribution is 5.97. The van der Waals surface area contributed by atoms with Crippen LogP contribution in [-0.2, 0) is 12.8 Å². The van der Waals surface area contributed by atoms with Crippen molar-refractivity contribution in [2.24, 2.45) is 0 Å². The standard InChI is InChI=1S/C16H17FO2/c1-2-3-4-14-9-10-15(19-14)11-16(18)12-5-7-13(17)8-6-12/h5-10H,2-4,11H2,1H3. The van der Waals surface area contributed by atoms with Crippen LogP contribution >= 0.6 is 0 Å². The summed E-state index contributed by atoms with van der Waals surface area (Å²) in [6, 6.07) is 9.34. The second kappa shape index (κ2) is 6.32. The molecule has 1 aromatic carbocycles. The molecule has 2 rings (SSSR count). The summed E-state index contributed by atoms with van der Waals surface area (Å²) in [5.74, 6) is 1.19. The fourth-order valence-electron chi connectivity index (χ4n) is 1.90. The van der Waals surface area contributed by atoms with Crippen LogP contribution in [-0.4, -0.2) is 5.78 Å². The molecule has 2 aromatic rings. The highest BCUT2D eigenvalue weighted by atomic mass is 19.1. The number of unbranched alkanes of at least 4 members (excludes halogenated alkanes) is 1. The van der Waals surface area contributed by atoms with Gasteiger partial charge >= 0.3 is 0 Å². The lowest BCUT2D eigenvalue weighted by Gasteiger charge is -1.99. The van der Waals surface area contributed by atoms with E-state index < -0.39 is 0 Å². The normalized spacial score (nSPS) is 10.6. The Labute approximate surface area is 112 Å². The first kappa shape index (κ1) is 13.5. The van der Waals surface area contributed by atoms with Crippen molar-refractivity contribution < 1.29 is 13.6 Å². The molecule has 0 fully saturated rings. The van der Waals surface area contributed by atoms with E-state index in [9.17, 15) is 9.18 Å². The van der Waals surface area contributed by atoms with Crippen molar-refractivity contribution in [3.05, 3.63) is 59.3 Å². The molecule has 0 saturated heterocycles. The summed E-state index contributed by atoms with van der Waals surface area (Å²) in [5.41, 5.74) is 0.507. The molecule has 0 aliphatic heterocycles. The topological polar surface area (TPSA) is 30.2 Å². The number of carbonyl (C=O) groups excluding carboxylic acids is 1. The van der Waals surface area contributed by atoms with E-state index in [2.05, 4.69) is 6.92 Å². The van der Waals surface area contributed by atoms with Crippen molar-refractivity contribution in [2.45, 2.75) is 32.6 Å². The fourth-order valence-corrected chi connectivity index (χ4v) is 1.90. The second-order valence-electron chi connectivity index (χ2n) is 4.58. The molecule has 100 valence electrons. The van der Waals surface area contributed by atoms with Gasteiger partial charge in [-0.15, -0.1) is 0 Å². The predicted molar refractivity (Wildman–Crippen MR) is 71.8 cm³/mol. The first-order valence-electron chi connectivity index (χ1n) is 6.55. The summed E-state index contributed by atoms with van der Waals surface area (Å²) in [6.07, 6.45) is 3.32. The van der Waals surface area contributed by atoms with Crippen molar-refractivity contribution >= 4 is 5.78 Å². The van der Waals surface area contributed by atoms with Gasteiger partial charge in [-0.25, -0.2) is 4.39 Å². The minimum atomic E-state index is -0.337. The third-order valence-corrected chi connectivity index (χ3v) is 3.00. The molecule has 0 unspecified atom stereocenters. The molecule has 2 nitrogen and oxygen atoms in total. The van der Waals surface area contributed by atoms with Crippen molar-refractivity contribution in [1.82, 2.24) is 0 Å². The van der Waals surface area contributed by atoms with Crippen LogP contribution in [0.1, 0.15) is 41.6 Å². The number of ketones is 1. The number of Topliss-reactive ketones (excluding diaryl/α,β-unsaturated/α-hetero) is 1. The largest absolute Gasteiger partial charge is 0.466 e. The van der Waals surface area contributed by atoms with Gasteiger partial charge in [-0.2, -0.15) is 0 Å². The monoisotopic (exact) mass is 260 g/mol. The van der Waals surface area contributed by atoms with Gasteiger partial charge in [-0.3, -0.25) is 4.79 Å². The van der Waals surface area contributed by atoms with Crippen molar-refractivity contribution in [1.29, 1.82) is 0 Å². The maximum atomic E-state index is 12.8. The van der Waals surface area contributed by atoms with E-state index in [1.807, 2.05) is 12.1 Å². The Balaban J connectivity index is 1.98. The van der Waals surface area contributed by atoms with Crippen LogP contribution in [0.25, 0.3) is 0 Å². The van der Waals surface area contributed by atoms with Crippen LogP contribution in [0.2, 0.25) is 0 Å². The van der Waals surface area contributed by atoms with E-state index >= 15 is 0 Å². The fraction of sp³-hybridized carbons (Fsp3) is 0.312. The van der Waals surface area contributed by atoms with Crippen LogP contribution < -0.4 is 0 Å². The zero-order valence-electron chi connectivity index (χ0n) is 11.0. The second-order valence-corrected chi connectivity index (χ2v) is 4.58. The summed E-state index contributed by atoms with van der Waals surface area (Å²) < 4.78 is 18.4. The van der Waals surface area contributed by atoms with Crippen LogP contribution in [0.5, 0.6) is 0 Å². The van der Waals surface area contributed by atoms with Crippen LogP contribution in [0, 0.1) is 5.82 Å². The Hall–Kier alpha value is -1.90. The Kier molecular flexibility index (Phi) is 4.50. The zero-order chi connectivity index (χ0) is 13.7. The van der Waals surface area contributed by atoms with Crippen LogP contribution in [0.3, 0.4) is 0 Å². The molecule has 0 amide bonds. The maximum absolute atomic E-state index is 12.8. The van der Waals surface area contributed by atoms with E-state index in [-0.39, 0.29) is 18.0 Å². The lowest BCUT2D eigenvalue weighted by Crippen LogP contribution is -2.02. The van der Waals surface area contributed by atoms with E-state index in [0.717, 1.165) is 25.0 Å². The number of aryl methyl sites for hydroxylation is 1. The molecule has 0 saturated carbocycles. The van der Waals surface area contributed by atoms with Gasteiger partial charge in [0.2, 0.25) is 0 Å². The highest BCUT2D eigenvalue weighted by Crippen LogP contribution is 2.14. The summed E-state index contributed by atoms with van der Waals surface area (Å²) in [6.45, 7) is 2.13. The average molecular weight is 260 g/mol. The highest BCUT2D eigenvalue weighted by Gasteiger charge is 2.10. The van der Waals surface area contributed by atoms with Gasteiger partial charge in [0.1, 0.15) is 17.3 Å². The summed E-state index contributed by atoms with van der Waals surface area (Å²) in [5, 5.41) is 0. The van der Waals surface area contributed by atoms with Crippen LogP contribution in [0.4, 0.5) is 4.39 Å². The molecule has 0 N–H and O–H groups in total. The first-order valence-corrected chi connectivity index (χ1v) is 6.55. The maximum Gasteiger partial charge on any atom is 0.170 e. The SMILES string of the molecule is CCCCc1ccc(CC(=O)c2ccc(F)cc2)o1. The van der Waals surface area contributed by atoms with Crippen LogP contribution in [0.15, 0.2) is 40.8 Å². The smallest absolute Gasteiger partial charge is 0.170 e. The van der Waals surface area contributed by atoms with Gasteiger partial charge < -0.3 is 4.42 Å². The Morgan fingerprint density at radius 2 is 1.79 bits per heavy atom. The van der Waals surface area contributed by atoms with Gasteiger partial charge in [0.25, 0.3) is 0 Å². The molecule has 1 heterocycles. The van der Waals surface area contributed by atoms with Crippen molar-refractivity contribution in [2.75, 3.05) is 0 Å². The summed E-state index contributed by atoms with van der Waals surface area (Å²) in [4.78, 5) is 12.0. The number of halogens is 1. The number of hydrogen-bond donors (Lipinski definition) is 0. The molecule has 3 heteroatoms. The Morgan fingerprint density at radius 3 is 2.47 bits per heavy atom. The van der Waals surface area contributed by atoms with Gasteiger partial charge in [0.05, 0.1) is 6.42 Å². The average Bonchev–Trinajstić information content (AvgIpc) is 2.84. The third-order valence-electron chi connectivity index (χ3n) is 3.00. The number of hydrogen-bond acceptors (Lipinski definition) is 2. The molecule has 19 heavy (non-hydrogen) atoms. The minimum absolute atomic E-state index is 0.0589. The third kappa shape index (κ3) is 3.78. The molecule has 0 radical (unpaired) electrons. The molecule has 0 bridgehead atoms. The number of furan rings is 1. The van der Waals surface area contributed by atoms with E-state index in [0.29, 0.717) is 11.3 Å². The molecular formula is C16H17FO2. The Morgan fingerprint density at radius 1 is 1.11 bits per heavy atom. The summed E-state index contributed by atoms with van der Waals surface area (Å²) >= 11 is 0. The molecule has 0 atom stereocenters. The van der Waals surface area contributed by atoms with E-state index in [1.165, 1.54) is 24.3 Å². The molecular weight excluding hydrogens is 243 g/mol.